The zero-order valence-corrected chi connectivity index (χ0v) is 11.8. The summed E-state index contributed by atoms with van der Waals surface area (Å²) in [5.74, 6) is -3.60. The number of carboxylic acid groups (broad SMARTS) is 1. The molecule has 0 heterocycles. The Kier molecular flexibility index (Phi) is 4.18. The number of hydrogen-bond acceptors (Lipinski definition) is 2. The second-order valence-electron chi connectivity index (χ2n) is 5.01. The van der Waals surface area contributed by atoms with Crippen molar-refractivity contribution in [1.29, 1.82) is 0 Å². The second-order valence-corrected chi connectivity index (χ2v) is 5.42. The Balaban J connectivity index is 2.73. The van der Waals surface area contributed by atoms with E-state index in [1.165, 1.54) is 7.11 Å². The lowest BCUT2D eigenvalue weighted by molar-refractivity contribution is -0.145. The van der Waals surface area contributed by atoms with Crippen molar-refractivity contribution >= 4 is 17.6 Å². The van der Waals surface area contributed by atoms with Crippen LogP contribution in [0.5, 0.6) is 5.75 Å². The van der Waals surface area contributed by atoms with E-state index in [0.717, 1.165) is 12.5 Å². The first kappa shape index (κ1) is 15.0. The molecule has 1 N–H and O–H groups in total. The SMILES string of the molecule is COc1c(Cl)cc(F)c(F)c1C1(C(=O)O)CCCCC1. The molecule has 0 amide bonds. The Morgan fingerprint density at radius 1 is 1.35 bits per heavy atom. The van der Waals surface area contributed by atoms with Gasteiger partial charge in [-0.2, -0.15) is 0 Å². The van der Waals surface area contributed by atoms with Gasteiger partial charge >= 0.3 is 5.97 Å². The topological polar surface area (TPSA) is 46.5 Å². The number of halogens is 3. The molecule has 20 heavy (non-hydrogen) atoms. The molecule has 0 aliphatic heterocycles. The third-order valence-corrected chi connectivity index (χ3v) is 4.21. The van der Waals surface area contributed by atoms with Crippen molar-refractivity contribution < 1.29 is 23.4 Å². The molecule has 0 radical (unpaired) electrons. The largest absolute Gasteiger partial charge is 0.495 e. The van der Waals surface area contributed by atoms with Crippen LogP contribution in [0.4, 0.5) is 8.78 Å². The summed E-state index contributed by atoms with van der Waals surface area (Å²) in [6.07, 6.45) is 2.65. The molecule has 0 atom stereocenters. The molecule has 6 heteroatoms. The van der Waals surface area contributed by atoms with Gasteiger partial charge in [-0.1, -0.05) is 30.9 Å². The zero-order chi connectivity index (χ0) is 14.9. The van der Waals surface area contributed by atoms with Crippen LogP contribution >= 0.6 is 11.6 Å². The van der Waals surface area contributed by atoms with Gasteiger partial charge < -0.3 is 9.84 Å². The van der Waals surface area contributed by atoms with Crippen LogP contribution in [0.1, 0.15) is 37.7 Å². The predicted octanol–water partition coefficient (Wildman–Crippen LogP) is 3.91. The highest BCUT2D eigenvalue weighted by Gasteiger charge is 2.46. The lowest BCUT2D eigenvalue weighted by Gasteiger charge is -2.35. The molecule has 1 aliphatic rings. The number of hydrogen-bond donors (Lipinski definition) is 1. The van der Waals surface area contributed by atoms with Crippen LogP contribution in [0.2, 0.25) is 5.02 Å². The van der Waals surface area contributed by atoms with Crippen molar-refractivity contribution in [1.82, 2.24) is 0 Å². The maximum absolute atomic E-state index is 14.2. The molecule has 1 saturated carbocycles. The first-order chi connectivity index (χ1) is 9.44. The summed E-state index contributed by atoms with van der Waals surface area (Å²) in [4.78, 5) is 11.7. The van der Waals surface area contributed by atoms with Crippen LogP contribution in [0.15, 0.2) is 6.07 Å². The molecule has 1 aliphatic carbocycles. The van der Waals surface area contributed by atoms with Crippen LogP contribution in [-0.4, -0.2) is 18.2 Å². The van der Waals surface area contributed by atoms with Gasteiger partial charge in [0.2, 0.25) is 0 Å². The third-order valence-electron chi connectivity index (χ3n) is 3.93. The van der Waals surface area contributed by atoms with Gasteiger partial charge in [-0.25, -0.2) is 8.78 Å². The molecule has 0 unspecified atom stereocenters. The van der Waals surface area contributed by atoms with Gasteiger partial charge in [0.15, 0.2) is 11.6 Å². The summed E-state index contributed by atoms with van der Waals surface area (Å²) in [5.41, 5.74) is -1.74. The highest BCUT2D eigenvalue weighted by atomic mass is 35.5. The van der Waals surface area contributed by atoms with Crippen LogP contribution in [-0.2, 0) is 10.2 Å². The van der Waals surface area contributed by atoms with E-state index in [2.05, 4.69) is 0 Å². The van der Waals surface area contributed by atoms with Gasteiger partial charge in [-0.15, -0.1) is 0 Å². The quantitative estimate of drug-likeness (QED) is 0.861. The lowest BCUT2D eigenvalue weighted by atomic mass is 9.69. The number of aliphatic carboxylic acids is 1. The second kappa shape index (κ2) is 5.56. The maximum Gasteiger partial charge on any atom is 0.314 e. The first-order valence-electron chi connectivity index (χ1n) is 6.39. The summed E-state index contributed by atoms with van der Waals surface area (Å²) >= 11 is 5.87. The van der Waals surface area contributed by atoms with Gasteiger partial charge in [0.25, 0.3) is 0 Å². The molecule has 0 saturated heterocycles. The Labute approximate surface area is 120 Å². The van der Waals surface area contributed by atoms with E-state index in [0.29, 0.717) is 12.8 Å². The molecular weight excluding hydrogens is 290 g/mol. The zero-order valence-electron chi connectivity index (χ0n) is 11.0. The lowest BCUT2D eigenvalue weighted by Crippen LogP contribution is -2.39. The number of carboxylic acids is 1. The van der Waals surface area contributed by atoms with E-state index in [1.54, 1.807) is 0 Å². The Morgan fingerprint density at radius 3 is 2.45 bits per heavy atom. The number of methoxy groups -OCH3 is 1. The summed E-state index contributed by atoms with van der Waals surface area (Å²) in [7, 11) is 1.26. The van der Waals surface area contributed by atoms with Gasteiger partial charge in [0, 0.05) is 0 Å². The molecule has 0 bridgehead atoms. The van der Waals surface area contributed by atoms with Gasteiger partial charge in [0.05, 0.1) is 23.1 Å². The fraction of sp³-hybridized carbons (Fsp3) is 0.500. The summed E-state index contributed by atoms with van der Waals surface area (Å²) in [6, 6.07) is 0.803. The minimum atomic E-state index is -1.47. The van der Waals surface area contributed by atoms with Crippen molar-refractivity contribution in [3.05, 3.63) is 28.3 Å². The Morgan fingerprint density at radius 2 is 1.95 bits per heavy atom. The monoisotopic (exact) mass is 304 g/mol. The van der Waals surface area contributed by atoms with E-state index in [1.807, 2.05) is 0 Å². The summed E-state index contributed by atoms with van der Waals surface area (Å²) in [6.45, 7) is 0. The predicted molar refractivity (Wildman–Crippen MR) is 70.3 cm³/mol. The van der Waals surface area contributed by atoms with Crippen molar-refractivity contribution in [2.45, 2.75) is 37.5 Å². The van der Waals surface area contributed by atoms with Crippen LogP contribution in [0, 0.1) is 11.6 Å². The standard InChI is InChI=1S/C14H15ClF2O3/c1-20-12-8(15)7-9(16)11(17)10(12)14(13(18)19)5-3-2-4-6-14/h7H,2-6H2,1H3,(H,18,19). The van der Waals surface area contributed by atoms with Gasteiger partial charge in [0.1, 0.15) is 5.75 Å². The minimum Gasteiger partial charge on any atom is -0.495 e. The van der Waals surface area contributed by atoms with E-state index >= 15 is 0 Å². The number of benzene rings is 1. The highest BCUT2D eigenvalue weighted by molar-refractivity contribution is 6.32. The number of ether oxygens (including phenoxy) is 1. The highest BCUT2D eigenvalue weighted by Crippen LogP contribution is 2.47. The fourth-order valence-electron chi connectivity index (χ4n) is 2.93. The average Bonchev–Trinajstić information content (AvgIpc) is 2.43. The van der Waals surface area contributed by atoms with Crippen molar-refractivity contribution in [3.8, 4) is 5.75 Å². The number of carbonyl (C=O) groups is 1. The van der Waals surface area contributed by atoms with Crippen molar-refractivity contribution in [3.63, 3.8) is 0 Å². The van der Waals surface area contributed by atoms with E-state index in [-0.39, 0.29) is 29.2 Å². The normalized spacial score (nSPS) is 17.8. The third kappa shape index (κ3) is 2.24. The fourth-order valence-corrected chi connectivity index (χ4v) is 3.20. The smallest absolute Gasteiger partial charge is 0.314 e. The van der Waals surface area contributed by atoms with E-state index < -0.39 is 23.0 Å². The molecule has 2 rings (SSSR count). The molecule has 1 aromatic carbocycles. The maximum atomic E-state index is 14.2. The molecule has 0 spiro atoms. The van der Waals surface area contributed by atoms with Gasteiger partial charge in [-0.3, -0.25) is 4.79 Å². The van der Waals surface area contributed by atoms with E-state index in [9.17, 15) is 18.7 Å². The first-order valence-corrected chi connectivity index (χ1v) is 6.77. The van der Waals surface area contributed by atoms with Crippen LogP contribution < -0.4 is 4.74 Å². The molecule has 3 nitrogen and oxygen atoms in total. The average molecular weight is 305 g/mol. The minimum absolute atomic E-state index is 0.0881. The molecular formula is C14H15ClF2O3. The van der Waals surface area contributed by atoms with Crippen LogP contribution in [0.25, 0.3) is 0 Å². The molecule has 1 aromatic rings. The molecule has 1 fully saturated rings. The summed E-state index contributed by atoms with van der Waals surface area (Å²) < 4.78 is 32.9. The molecule has 110 valence electrons. The Bertz CT molecular complexity index is 540. The number of rotatable bonds is 3. The van der Waals surface area contributed by atoms with Gasteiger partial charge in [-0.05, 0) is 18.9 Å². The van der Waals surface area contributed by atoms with E-state index in [4.69, 9.17) is 16.3 Å². The summed E-state index contributed by atoms with van der Waals surface area (Å²) in [5, 5.41) is 9.46. The van der Waals surface area contributed by atoms with Crippen molar-refractivity contribution in [2.24, 2.45) is 0 Å². The molecule has 0 aromatic heterocycles. The Hall–Kier alpha value is -1.36. The van der Waals surface area contributed by atoms with Crippen LogP contribution in [0.3, 0.4) is 0 Å². The van der Waals surface area contributed by atoms with Crippen molar-refractivity contribution in [2.75, 3.05) is 7.11 Å².